The molecule has 0 aromatic heterocycles. The molecule has 0 aromatic carbocycles. The van der Waals surface area contributed by atoms with Gasteiger partial charge in [-0.05, 0) is 85.9 Å². The van der Waals surface area contributed by atoms with E-state index in [2.05, 4.69) is 18.7 Å². The average molecular weight is 334 g/mol. The van der Waals surface area contributed by atoms with E-state index in [0.29, 0.717) is 10.8 Å². The second-order valence-electron chi connectivity index (χ2n) is 10.0. The standard InChI is InChI=1S/C21H35NO2/c1-14(23)22-11-8-18-17-5-4-15-12-16(24)6-10-21(15,3)19(17)7-9-20(18,2)13-22/h15-19,24H,4-13H2,1-3H3/t15-,16-,17-,18-,19-,20+,21-/m0/s1. The highest BCUT2D eigenvalue weighted by Gasteiger charge is 2.57. The molecule has 3 saturated carbocycles. The van der Waals surface area contributed by atoms with Crippen molar-refractivity contribution in [2.75, 3.05) is 13.1 Å². The van der Waals surface area contributed by atoms with Crippen molar-refractivity contribution < 1.29 is 9.90 Å². The second-order valence-corrected chi connectivity index (χ2v) is 10.0. The molecule has 1 aliphatic heterocycles. The molecule has 0 spiro atoms. The van der Waals surface area contributed by atoms with Crippen LogP contribution in [0.4, 0.5) is 0 Å². The van der Waals surface area contributed by atoms with Gasteiger partial charge in [0.1, 0.15) is 0 Å². The zero-order valence-corrected chi connectivity index (χ0v) is 15.8. The zero-order chi connectivity index (χ0) is 17.1. The first-order chi connectivity index (χ1) is 11.3. The third-order valence-corrected chi connectivity index (χ3v) is 8.86. The van der Waals surface area contributed by atoms with Crippen LogP contribution in [-0.2, 0) is 4.79 Å². The Kier molecular flexibility index (Phi) is 4.02. The van der Waals surface area contributed by atoms with E-state index in [-0.39, 0.29) is 12.0 Å². The van der Waals surface area contributed by atoms with Crippen LogP contribution in [0.3, 0.4) is 0 Å². The smallest absolute Gasteiger partial charge is 0.219 e. The van der Waals surface area contributed by atoms with Gasteiger partial charge in [-0.3, -0.25) is 4.79 Å². The molecule has 24 heavy (non-hydrogen) atoms. The molecule has 1 saturated heterocycles. The van der Waals surface area contributed by atoms with E-state index in [1.165, 1.54) is 38.5 Å². The Balaban J connectivity index is 1.57. The van der Waals surface area contributed by atoms with E-state index in [1.807, 2.05) is 0 Å². The van der Waals surface area contributed by atoms with E-state index in [0.717, 1.165) is 49.6 Å². The quantitative estimate of drug-likeness (QED) is 0.731. The molecule has 1 N–H and O–H groups in total. The number of fused-ring (bicyclic) bond motifs is 5. The summed E-state index contributed by atoms with van der Waals surface area (Å²) in [7, 11) is 0. The molecule has 3 nitrogen and oxygen atoms in total. The number of aliphatic hydroxyl groups is 1. The van der Waals surface area contributed by atoms with Crippen LogP contribution >= 0.6 is 0 Å². The largest absolute Gasteiger partial charge is 0.393 e. The van der Waals surface area contributed by atoms with Crippen molar-refractivity contribution in [3.63, 3.8) is 0 Å². The molecule has 3 heteroatoms. The predicted octanol–water partition coefficient (Wildman–Crippen LogP) is 3.85. The highest BCUT2D eigenvalue weighted by Crippen LogP contribution is 2.64. The number of rotatable bonds is 0. The summed E-state index contributed by atoms with van der Waals surface area (Å²) < 4.78 is 0. The zero-order valence-electron chi connectivity index (χ0n) is 15.8. The molecule has 3 aliphatic carbocycles. The van der Waals surface area contributed by atoms with Gasteiger partial charge in [0.15, 0.2) is 0 Å². The number of amides is 1. The van der Waals surface area contributed by atoms with Crippen molar-refractivity contribution in [1.29, 1.82) is 0 Å². The topological polar surface area (TPSA) is 40.5 Å². The van der Waals surface area contributed by atoms with Crippen molar-refractivity contribution in [2.45, 2.75) is 78.2 Å². The Labute approximate surface area is 147 Å². The van der Waals surface area contributed by atoms with Gasteiger partial charge in [0.2, 0.25) is 5.91 Å². The van der Waals surface area contributed by atoms with Crippen LogP contribution in [0.1, 0.15) is 72.1 Å². The van der Waals surface area contributed by atoms with E-state index in [1.54, 1.807) is 6.92 Å². The molecule has 0 aromatic rings. The van der Waals surface area contributed by atoms with Crippen LogP contribution in [0.2, 0.25) is 0 Å². The highest BCUT2D eigenvalue weighted by atomic mass is 16.3. The Morgan fingerprint density at radius 1 is 1.04 bits per heavy atom. The van der Waals surface area contributed by atoms with Crippen molar-refractivity contribution in [3.05, 3.63) is 0 Å². The molecule has 4 fully saturated rings. The molecule has 0 bridgehead atoms. The maximum Gasteiger partial charge on any atom is 0.219 e. The summed E-state index contributed by atoms with van der Waals surface area (Å²) in [4.78, 5) is 14.0. The fourth-order valence-electron chi connectivity index (χ4n) is 7.47. The lowest BCUT2D eigenvalue weighted by Crippen LogP contribution is -2.59. The van der Waals surface area contributed by atoms with Gasteiger partial charge < -0.3 is 10.0 Å². The SMILES string of the molecule is CC(=O)N1CC[C@H]2[C@@H]3CC[C@H]4C[C@@H](O)CC[C@]4(C)[C@H]3CC[C@]2(C)C1. The monoisotopic (exact) mass is 333 g/mol. The Morgan fingerprint density at radius 2 is 1.83 bits per heavy atom. The van der Waals surface area contributed by atoms with E-state index in [9.17, 15) is 9.90 Å². The molecule has 0 radical (unpaired) electrons. The molecule has 0 unspecified atom stereocenters. The summed E-state index contributed by atoms with van der Waals surface area (Å²) >= 11 is 0. The van der Waals surface area contributed by atoms with Gasteiger partial charge in [-0.25, -0.2) is 0 Å². The molecule has 7 atom stereocenters. The Bertz CT molecular complexity index is 520. The Morgan fingerprint density at radius 3 is 2.58 bits per heavy atom. The normalized spacial score (nSPS) is 51.3. The van der Waals surface area contributed by atoms with Gasteiger partial charge in [-0.1, -0.05) is 13.8 Å². The average Bonchev–Trinajstić information content (AvgIpc) is 2.54. The number of carbonyl (C=O) groups is 1. The summed E-state index contributed by atoms with van der Waals surface area (Å²) in [5, 5.41) is 10.1. The summed E-state index contributed by atoms with van der Waals surface area (Å²) in [6.45, 7) is 8.69. The molecule has 1 heterocycles. The van der Waals surface area contributed by atoms with Gasteiger partial charge in [0, 0.05) is 20.0 Å². The maximum atomic E-state index is 11.9. The minimum absolute atomic E-state index is 0.0488. The van der Waals surface area contributed by atoms with E-state index >= 15 is 0 Å². The molecular weight excluding hydrogens is 298 g/mol. The van der Waals surface area contributed by atoms with Crippen LogP contribution in [0.25, 0.3) is 0 Å². The third kappa shape index (κ3) is 2.45. The van der Waals surface area contributed by atoms with Gasteiger partial charge in [-0.15, -0.1) is 0 Å². The lowest BCUT2D eigenvalue weighted by Gasteiger charge is -2.63. The summed E-state index contributed by atoms with van der Waals surface area (Å²) in [5.74, 6) is 3.51. The van der Waals surface area contributed by atoms with Crippen molar-refractivity contribution >= 4 is 5.91 Å². The predicted molar refractivity (Wildman–Crippen MR) is 95.4 cm³/mol. The Hall–Kier alpha value is -0.570. The lowest BCUT2D eigenvalue weighted by atomic mass is 9.44. The minimum atomic E-state index is -0.0488. The number of aliphatic hydroxyl groups excluding tert-OH is 1. The van der Waals surface area contributed by atoms with Crippen molar-refractivity contribution in [1.82, 2.24) is 4.90 Å². The van der Waals surface area contributed by atoms with Gasteiger partial charge in [-0.2, -0.15) is 0 Å². The van der Waals surface area contributed by atoms with E-state index < -0.39 is 0 Å². The molecule has 1 amide bonds. The number of piperidine rings is 1. The number of nitrogens with zero attached hydrogens (tertiary/aromatic N) is 1. The summed E-state index contributed by atoms with van der Waals surface area (Å²) in [5.41, 5.74) is 0.795. The first-order valence-corrected chi connectivity index (χ1v) is 10.3. The minimum Gasteiger partial charge on any atom is -0.393 e. The maximum absolute atomic E-state index is 11.9. The summed E-state index contributed by atoms with van der Waals surface area (Å²) in [6.07, 6.45) is 9.74. The van der Waals surface area contributed by atoms with Crippen LogP contribution < -0.4 is 0 Å². The third-order valence-electron chi connectivity index (χ3n) is 8.86. The van der Waals surface area contributed by atoms with Gasteiger partial charge >= 0.3 is 0 Å². The highest BCUT2D eigenvalue weighted by molar-refractivity contribution is 5.73. The van der Waals surface area contributed by atoms with Crippen molar-refractivity contribution in [3.8, 4) is 0 Å². The number of carbonyl (C=O) groups excluding carboxylic acids is 1. The fraction of sp³-hybridized carbons (Fsp3) is 0.952. The van der Waals surface area contributed by atoms with E-state index in [4.69, 9.17) is 0 Å². The lowest BCUT2D eigenvalue weighted by molar-refractivity contribution is -0.155. The number of likely N-dealkylation sites (tertiary alicyclic amines) is 1. The second kappa shape index (κ2) is 5.72. The van der Waals surface area contributed by atoms with Crippen LogP contribution in [0, 0.1) is 34.5 Å². The molecule has 4 rings (SSSR count). The fourth-order valence-corrected chi connectivity index (χ4v) is 7.47. The van der Waals surface area contributed by atoms with Crippen LogP contribution in [-0.4, -0.2) is 35.1 Å². The first-order valence-electron chi connectivity index (χ1n) is 10.3. The van der Waals surface area contributed by atoms with Crippen molar-refractivity contribution in [2.24, 2.45) is 34.5 Å². The van der Waals surface area contributed by atoms with Crippen LogP contribution in [0.15, 0.2) is 0 Å². The van der Waals surface area contributed by atoms with Gasteiger partial charge in [0.25, 0.3) is 0 Å². The summed E-state index contributed by atoms with van der Waals surface area (Å²) in [6, 6.07) is 0. The van der Waals surface area contributed by atoms with Gasteiger partial charge in [0.05, 0.1) is 6.10 Å². The number of hydrogen-bond acceptors (Lipinski definition) is 2. The molecular formula is C21H35NO2. The molecule has 4 aliphatic rings. The first kappa shape index (κ1) is 16.9. The number of hydrogen-bond donors (Lipinski definition) is 1. The van der Waals surface area contributed by atoms with Crippen LogP contribution in [0.5, 0.6) is 0 Å². The molecule has 136 valence electrons.